The van der Waals surface area contributed by atoms with Crippen molar-refractivity contribution >= 4 is 23.6 Å². The molecule has 0 radical (unpaired) electrons. The quantitative estimate of drug-likeness (QED) is 0.607. The number of carbonyl (C=O) groups is 2. The molecule has 1 N–H and O–H groups in total. The summed E-state index contributed by atoms with van der Waals surface area (Å²) in [5.74, 6) is -0.216. The van der Waals surface area contributed by atoms with Crippen molar-refractivity contribution < 1.29 is 19.1 Å². The van der Waals surface area contributed by atoms with Gasteiger partial charge in [-0.05, 0) is 54.8 Å². The molecule has 1 amide bonds. The van der Waals surface area contributed by atoms with Gasteiger partial charge in [-0.1, -0.05) is 31.2 Å². The summed E-state index contributed by atoms with van der Waals surface area (Å²) in [6.07, 6.45) is 2.95. The molecule has 0 saturated carbocycles. The standard InChI is InChI=1S/C21H23NO4/c1-4-16-5-10-18(11-6-16)22-21(24)15(2)26-20(23)14-9-17-7-12-19(25-3)13-8-17/h5-15H,4H2,1-3H3,(H,22,24)/b14-9+/t15-/m1/s1. The molecule has 0 aliphatic carbocycles. The summed E-state index contributed by atoms with van der Waals surface area (Å²) in [4.78, 5) is 24.0. The van der Waals surface area contributed by atoms with Crippen molar-refractivity contribution in [2.75, 3.05) is 12.4 Å². The van der Waals surface area contributed by atoms with Crippen molar-refractivity contribution in [3.63, 3.8) is 0 Å². The van der Waals surface area contributed by atoms with Crippen LogP contribution in [0.2, 0.25) is 0 Å². The van der Waals surface area contributed by atoms with Gasteiger partial charge in [-0.3, -0.25) is 4.79 Å². The topological polar surface area (TPSA) is 64.6 Å². The predicted molar refractivity (Wildman–Crippen MR) is 102 cm³/mol. The van der Waals surface area contributed by atoms with Crippen LogP contribution in [-0.2, 0) is 20.7 Å². The summed E-state index contributed by atoms with van der Waals surface area (Å²) in [6, 6.07) is 14.8. The summed E-state index contributed by atoms with van der Waals surface area (Å²) in [7, 11) is 1.59. The van der Waals surface area contributed by atoms with E-state index in [2.05, 4.69) is 12.2 Å². The van der Waals surface area contributed by atoms with E-state index in [4.69, 9.17) is 9.47 Å². The van der Waals surface area contributed by atoms with Crippen molar-refractivity contribution in [2.24, 2.45) is 0 Å². The molecule has 0 unspecified atom stereocenters. The molecule has 2 rings (SSSR count). The number of benzene rings is 2. The number of rotatable bonds is 7. The summed E-state index contributed by atoms with van der Waals surface area (Å²) >= 11 is 0. The molecule has 0 aliphatic rings. The maximum Gasteiger partial charge on any atom is 0.331 e. The molecule has 0 bridgehead atoms. The van der Waals surface area contributed by atoms with Gasteiger partial charge in [0.25, 0.3) is 5.91 Å². The monoisotopic (exact) mass is 353 g/mol. The Labute approximate surface area is 153 Å². The predicted octanol–water partition coefficient (Wildman–Crippen LogP) is 3.84. The number of anilines is 1. The Balaban J connectivity index is 1.86. The third-order valence-corrected chi connectivity index (χ3v) is 3.82. The molecule has 0 aliphatic heterocycles. The van der Waals surface area contributed by atoms with Crippen molar-refractivity contribution in [2.45, 2.75) is 26.4 Å². The lowest BCUT2D eigenvalue weighted by Gasteiger charge is -2.12. The molecule has 5 nitrogen and oxygen atoms in total. The zero-order valence-electron chi connectivity index (χ0n) is 15.2. The molecule has 2 aromatic carbocycles. The first kappa shape index (κ1) is 19.2. The Morgan fingerprint density at radius 2 is 1.73 bits per heavy atom. The Morgan fingerprint density at radius 1 is 1.08 bits per heavy atom. The van der Waals surface area contributed by atoms with Crippen molar-refractivity contribution in [3.05, 3.63) is 65.7 Å². The summed E-state index contributed by atoms with van der Waals surface area (Å²) < 4.78 is 10.2. The molecule has 0 aromatic heterocycles. The fraction of sp³-hybridized carbons (Fsp3) is 0.238. The second-order valence-electron chi connectivity index (χ2n) is 5.73. The van der Waals surface area contributed by atoms with Crippen LogP contribution in [0.3, 0.4) is 0 Å². The average Bonchev–Trinajstić information content (AvgIpc) is 2.67. The molecule has 0 heterocycles. The van der Waals surface area contributed by atoms with Gasteiger partial charge in [0.15, 0.2) is 6.10 Å². The van der Waals surface area contributed by atoms with Gasteiger partial charge in [-0.2, -0.15) is 0 Å². The summed E-state index contributed by atoms with van der Waals surface area (Å²) in [6.45, 7) is 3.60. The van der Waals surface area contributed by atoms with E-state index < -0.39 is 12.1 Å². The van der Waals surface area contributed by atoms with Crippen LogP contribution in [0.5, 0.6) is 5.75 Å². The van der Waals surface area contributed by atoms with E-state index in [0.717, 1.165) is 17.7 Å². The van der Waals surface area contributed by atoms with E-state index in [0.29, 0.717) is 5.69 Å². The summed E-state index contributed by atoms with van der Waals surface area (Å²) in [5, 5.41) is 2.73. The zero-order valence-corrected chi connectivity index (χ0v) is 15.2. The Hall–Kier alpha value is -3.08. The van der Waals surface area contributed by atoms with Crippen LogP contribution in [0.4, 0.5) is 5.69 Å². The van der Waals surface area contributed by atoms with Gasteiger partial charge in [-0.25, -0.2) is 4.79 Å². The van der Waals surface area contributed by atoms with Crippen LogP contribution in [0, 0.1) is 0 Å². The van der Waals surface area contributed by atoms with Crippen LogP contribution in [0.1, 0.15) is 25.0 Å². The van der Waals surface area contributed by atoms with Crippen LogP contribution in [-0.4, -0.2) is 25.1 Å². The molecule has 136 valence electrons. The van der Waals surface area contributed by atoms with Crippen LogP contribution >= 0.6 is 0 Å². The van der Waals surface area contributed by atoms with Crippen LogP contribution < -0.4 is 10.1 Å². The molecule has 26 heavy (non-hydrogen) atoms. The van der Waals surface area contributed by atoms with E-state index in [9.17, 15) is 9.59 Å². The van der Waals surface area contributed by atoms with Gasteiger partial charge < -0.3 is 14.8 Å². The van der Waals surface area contributed by atoms with Crippen molar-refractivity contribution in [1.82, 2.24) is 0 Å². The molecular weight excluding hydrogens is 330 g/mol. The molecule has 0 spiro atoms. The Bertz CT molecular complexity index is 764. The number of ether oxygens (including phenoxy) is 2. The van der Waals surface area contributed by atoms with Crippen LogP contribution in [0.25, 0.3) is 6.08 Å². The van der Waals surface area contributed by atoms with E-state index in [1.807, 2.05) is 36.4 Å². The lowest BCUT2D eigenvalue weighted by molar-refractivity contribution is -0.148. The molecule has 0 fully saturated rings. The van der Waals surface area contributed by atoms with Crippen LogP contribution in [0.15, 0.2) is 54.6 Å². The van der Waals surface area contributed by atoms with Gasteiger partial charge in [-0.15, -0.1) is 0 Å². The lowest BCUT2D eigenvalue weighted by atomic mass is 10.1. The highest BCUT2D eigenvalue weighted by Gasteiger charge is 2.16. The Kier molecular flexibility index (Phi) is 6.97. The smallest absolute Gasteiger partial charge is 0.331 e. The molecular formula is C21H23NO4. The SMILES string of the molecule is CCc1ccc(NC(=O)[C@@H](C)OC(=O)/C=C/c2ccc(OC)cc2)cc1. The third kappa shape index (κ3) is 5.77. The minimum atomic E-state index is -0.895. The van der Waals surface area contributed by atoms with E-state index in [1.54, 1.807) is 25.3 Å². The zero-order chi connectivity index (χ0) is 18.9. The first-order chi connectivity index (χ1) is 12.5. The fourth-order valence-corrected chi connectivity index (χ4v) is 2.21. The molecule has 1 atom stereocenters. The number of aryl methyl sites for hydroxylation is 1. The first-order valence-electron chi connectivity index (χ1n) is 8.44. The number of carbonyl (C=O) groups excluding carboxylic acids is 2. The minimum Gasteiger partial charge on any atom is -0.497 e. The number of hydrogen-bond donors (Lipinski definition) is 1. The number of esters is 1. The summed E-state index contributed by atoms with van der Waals surface area (Å²) in [5.41, 5.74) is 2.69. The van der Waals surface area contributed by atoms with Gasteiger partial charge in [0.05, 0.1) is 7.11 Å². The van der Waals surface area contributed by atoms with Gasteiger partial charge >= 0.3 is 5.97 Å². The molecule has 2 aromatic rings. The number of nitrogens with one attached hydrogen (secondary N) is 1. The number of methoxy groups -OCH3 is 1. The third-order valence-electron chi connectivity index (χ3n) is 3.82. The highest BCUT2D eigenvalue weighted by Crippen LogP contribution is 2.13. The maximum absolute atomic E-state index is 12.1. The average molecular weight is 353 g/mol. The highest BCUT2D eigenvalue weighted by atomic mass is 16.5. The molecule has 0 saturated heterocycles. The largest absolute Gasteiger partial charge is 0.497 e. The first-order valence-corrected chi connectivity index (χ1v) is 8.44. The lowest BCUT2D eigenvalue weighted by Crippen LogP contribution is -2.29. The second-order valence-corrected chi connectivity index (χ2v) is 5.73. The van der Waals surface area contributed by atoms with E-state index in [-0.39, 0.29) is 5.91 Å². The maximum atomic E-state index is 12.1. The van der Waals surface area contributed by atoms with Gasteiger partial charge in [0.2, 0.25) is 0 Å². The number of amides is 1. The fourth-order valence-electron chi connectivity index (χ4n) is 2.21. The van der Waals surface area contributed by atoms with Gasteiger partial charge in [0.1, 0.15) is 5.75 Å². The van der Waals surface area contributed by atoms with E-state index in [1.165, 1.54) is 18.6 Å². The normalized spacial score (nSPS) is 11.8. The van der Waals surface area contributed by atoms with E-state index >= 15 is 0 Å². The van der Waals surface area contributed by atoms with Crippen molar-refractivity contribution in [3.8, 4) is 5.75 Å². The van der Waals surface area contributed by atoms with Crippen molar-refractivity contribution in [1.29, 1.82) is 0 Å². The second kappa shape index (κ2) is 9.42. The minimum absolute atomic E-state index is 0.375. The highest BCUT2D eigenvalue weighted by molar-refractivity contribution is 5.96. The van der Waals surface area contributed by atoms with Gasteiger partial charge in [0, 0.05) is 11.8 Å². The molecule has 5 heteroatoms. The number of hydrogen-bond acceptors (Lipinski definition) is 4. The Morgan fingerprint density at radius 3 is 2.31 bits per heavy atom.